The minimum atomic E-state index is -0.0793. The third kappa shape index (κ3) is 3.24. The zero-order chi connectivity index (χ0) is 9.78. The van der Waals surface area contributed by atoms with Crippen molar-refractivity contribution in [1.29, 1.82) is 0 Å². The van der Waals surface area contributed by atoms with Crippen LogP contribution >= 0.6 is 0 Å². The van der Waals surface area contributed by atoms with E-state index in [2.05, 4.69) is 27.7 Å². The molecule has 0 amide bonds. The zero-order valence-electron chi connectivity index (χ0n) is 8.81. The molecule has 1 atom stereocenters. The van der Waals surface area contributed by atoms with Crippen LogP contribution in [-0.4, -0.2) is 13.1 Å². The molecule has 0 spiro atoms. The second kappa shape index (κ2) is 4.48. The van der Waals surface area contributed by atoms with Gasteiger partial charge >= 0.3 is 5.97 Å². The van der Waals surface area contributed by atoms with E-state index in [9.17, 15) is 4.79 Å². The lowest BCUT2D eigenvalue weighted by Crippen LogP contribution is -2.29. The number of esters is 1. The summed E-state index contributed by atoms with van der Waals surface area (Å²) in [4.78, 5) is 11.3. The van der Waals surface area contributed by atoms with Crippen LogP contribution in [0, 0.1) is 11.3 Å². The Kier molecular flexibility index (Phi) is 4.29. The molecule has 12 heavy (non-hydrogen) atoms. The average Bonchev–Trinajstić information content (AvgIpc) is 1.96. The summed E-state index contributed by atoms with van der Waals surface area (Å²) in [5, 5.41) is 0. The number of carbonyl (C=O) groups excluding carboxylic acids is 1. The number of methoxy groups -OCH3 is 1. The molecule has 0 saturated carbocycles. The van der Waals surface area contributed by atoms with Crippen molar-refractivity contribution in [3.8, 4) is 0 Å². The highest BCUT2D eigenvalue weighted by molar-refractivity contribution is 5.73. The van der Waals surface area contributed by atoms with E-state index in [-0.39, 0.29) is 17.3 Å². The van der Waals surface area contributed by atoms with Gasteiger partial charge in [-0.05, 0) is 11.8 Å². The number of hydrogen-bond acceptors (Lipinski definition) is 2. The molecule has 0 aliphatic rings. The van der Waals surface area contributed by atoms with E-state index >= 15 is 0 Å². The molecule has 0 aromatic rings. The van der Waals surface area contributed by atoms with Crippen molar-refractivity contribution in [3.63, 3.8) is 0 Å². The van der Waals surface area contributed by atoms with Gasteiger partial charge in [0.15, 0.2) is 0 Å². The predicted molar refractivity (Wildman–Crippen MR) is 49.9 cm³/mol. The van der Waals surface area contributed by atoms with Crippen molar-refractivity contribution in [3.05, 3.63) is 0 Å². The number of rotatable bonds is 3. The number of ether oxygens (including phenoxy) is 1. The summed E-state index contributed by atoms with van der Waals surface area (Å²) in [5.41, 5.74) is 0.0170. The highest BCUT2D eigenvalue weighted by Crippen LogP contribution is 2.30. The highest BCUT2D eigenvalue weighted by Gasteiger charge is 2.30. The monoisotopic (exact) mass is 172 g/mol. The molecular formula is C10H20O2. The van der Waals surface area contributed by atoms with Crippen LogP contribution in [0.4, 0.5) is 0 Å². The maximum Gasteiger partial charge on any atom is 0.309 e. The normalized spacial score (nSPS) is 14.1. The fourth-order valence-corrected chi connectivity index (χ4v) is 1.34. The van der Waals surface area contributed by atoms with Crippen LogP contribution in [0.1, 0.15) is 40.5 Å². The minimum absolute atomic E-state index is 0.0170. The first-order chi connectivity index (χ1) is 5.43. The first-order valence-electron chi connectivity index (χ1n) is 4.51. The topological polar surface area (TPSA) is 26.3 Å². The van der Waals surface area contributed by atoms with Gasteiger partial charge in [-0.1, -0.05) is 34.1 Å². The van der Waals surface area contributed by atoms with Crippen LogP contribution in [0.25, 0.3) is 0 Å². The molecule has 0 unspecified atom stereocenters. The van der Waals surface area contributed by atoms with Gasteiger partial charge in [-0.3, -0.25) is 4.79 Å². The minimum Gasteiger partial charge on any atom is -0.469 e. The first kappa shape index (κ1) is 11.5. The Hall–Kier alpha value is -0.530. The number of hydrogen-bond donors (Lipinski definition) is 0. The standard InChI is InChI=1S/C10H20O2/c1-6-7-8(9(11)12-5)10(2,3)4/h8H,6-7H2,1-5H3/t8-/m0/s1. The molecule has 2 nitrogen and oxygen atoms in total. The summed E-state index contributed by atoms with van der Waals surface area (Å²) in [7, 11) is 1.46. The summed E-state index contributed by atoms with van der Waals surface area (Å²) >= 11 is 0. The van der Waals surface area contributed by atoms with E-state index in [0.717, 1.165) is 12.8 Å². The average molecular weight is 172 g/mol. The van der Waals surface area contributed by atoms with Gasteiger partial charge in [0.2, 0.25) is 0 Å². The van der Waals surface area contributed by atoms with E-state index in [0.29, 0.717) is 0 Å². The number of carbonyl (C=O) groups is 1. The Morgan fingerprint density at radius 1 is 1.42 bits per heavy atom. The van der Waals surface area contributed by atoms with Crippen LogP contribution in [0.3, 0.4) is 0 Å². The summed E-state index contributed by atoms with van der Waals surface area (Å²) in [6.07, 6.45) is 1.94. The zero-order valence-corrected chi connectivity index (χ0v) is 8.81. The first-order valence-corrected chi connectivity index (χ1v) is 4.51. The van der Waals surface area contributed by atoms with E-state index in [1.807, 2.05) is 0 Å². The molecule has 0 radical (unpaired) electrons. The van der Waals surface area contributed by atoms with Crippen molar-refractivity contribution in [2.75, 3.05) is 7.11 Å². The van der Waals surface area contributed by atoms with Gasteiger partial charge in [0.05, 0.1) is 13.0 Å². The summed E-state index contributed by atoms with van der Waals surface area (Å²) in [6, 6.07) is 0. The molecule has 0 aliphatic heterocycles. The molecule has 0 saturated heterocycles. The lowest BCUT2D eigenvalue weighted by Gasteiger charge is -2.27. The van der Waals surface area contributed by atoms with E-state index < -0.39 is 0 Å². The van der Waals surface area contributed by atoms with Crippen molar-refractivity contribution < 1.29 is 9.53 Å². The van der Waals surface area contributed by atoms with Gasteiger partial charge in [0.1, 0.15) is 0 Å². The Morgan fingerprint density at radius 2 is 1.92 bits per heavy atom. The van der Waals surface area contributed by atoms with Crippen molar-refractivity contribution in [1.82, 2.24) is 0 Å². The molecule has 0 aromatic heterocycles. The van der Waals surface area contributed by atoms with Gasteiger partial charge < -0.3 is 4.74 Å². The Balaban J connectivity index is 4.33. The second-order valence-electron chi connectivity index (χ2n) is 4.23. The molecule has 0 aliphatic carbocycles. The molecule has 0 heterocycles. The van der Waals surface area contributed by atoms with Gasteiger partial charge in [0, 0.05) is 0 Å². The van der Waals surface area contributed by atoms with Crippen LogP contribution in [0.15, 0.2) is 0 Å². The maximum absolute atomic E-state index is 11.3. The lowest BCUT2D eigenvalue weighted by molar-refractivity contribution is -0.149. The SMILES string of the molecule is CCC[C@@H](C(=O)OC)C(C)(C)C. The fourth-order valence-electron chi connectivity index (χ4n) is 1.34. The van der Waals surface area contributed by atoms with Gasteiger partial charge in [-0.15, -0.1) is 0 Å². The molecule has 0 aromatic carbocycles. The van der Waals surface area contributed by atoms with Crippen molar-refractivity contribution >= 4 is 5.97 Å². The lowest BCUT2D eigenvalue weighted by atomic mass is 9.78. The van der Waals surface area contributed by atoms with Crippen LogP contribution < -0.4 is 0 Å². The van der Waals surface area contributed by atoms with Gasteiger partial charge in [0.25, 0.3) is 0 Å². The third-order valence-corrected chi connectivity index (χ3v) is 2.11. The summed E-state index contributed by atoms with van der Waals surface area (Å²) in [5.74, 6) is -0.0446. The highest BCUT2D eigenvalue weighted by atomic mass is 16.5. The van der Waals surface area contributed by atoms with Crippen LogP contribution in [0.2, 0.25) is 0 Å². The van der Waals surface area contributed by atoms with E-state index in [4.69, 9.17) is 4.74 Å². The smallest absolute Gasteiger partial charge is 0.309 e. The fraction of sp³-hybridized carbons (Fsp3) is 0.900. The van der Waals surface area contributed by atoms with Gasteiger partial charge in [-0.25, -0.2) is 0 Å². The molecule has 2 heteroatoms. The quantitative estimate of drug-likeness (QED) is 0.612. The predicted octanol–water partition coefficient (Wildman–Crippen LogP) is 2.62. The van der Waals surface area contributed by atoms with Crippen LogP contribution in [0.5, 0.6) is 0 Å². The molecule has 0 bridgehead atoms. The molecule has 0 N–H and O–H groups in total. The molecule has 72 valence electrons. The van der Waals surface area contributed by atoms with E-state index in [1.165, 1.54) is 7.11 Å². The second-order valence-corrected chi connectivity index (χ2v) is 4.23. The van der Waals surface area contributed by atoms with Crippen molar-refractivity contribution in [2.24, 2.45) is 11.3 Å². The molecule has 0 fully saturated rings. The van der Waals surface area contributed by atoms with Gasteiger partial charge in [-0.2, -0.15) is 0 Å². The summed E-state index contributed by atoms with van der Waals surface area (Å²) in [6.45, 7) is 8.31. The third-order valence-electron chi connectivity index (χ3n) is 2.11. The molecule has 0 rings (SSSR count). The largest absolute Gasteiger partial charge is 0.469 e. The van der Waals surface area contributed by atoms with E-state index in [1.54, 1.807) is 0 Å². The Morgan fingerprint density at radius 3 is 2.17 bits per heavy atom. The Labute approximate surface area is 75.3 Å². The van der Waals surface area contributed by atoms with Crippen LogP contribution in [-0.2, 0) is 9.53 Å². The Bertz CT molecular complexity index is 144. The van der Waals surface area contributed by atoms with Crippen molar-refractivity contribution in [2.45, 2.75) is 40.5 Å². The molecular weight excluding hydrogens is 152 g/mol. The summed E-state index contributed by atoms with van der Waals surface area (Å²) < 4.78 is 4.75. The maximum atomic E-state index is 11.3.